The van der Waals surface area contributed by atoms with E-state index in [1.54, 1.807) is 14.2 Å². The number of aromatic nitrogens is 1. The molecule has 1 fully saturated rings. The molecule has 0 spiro atoms. The molecule has 32 heavy (non-hydrogen) atoms. The van der Waals surface area contributed by atoms with Gasteiger partial charge in [-0.3, -0.25) is 4.79 Å². The second-order valence-corrected chi connectivity index (χ2v) is 8.97. The highest BCUT2D eigenvalue weighted by Crippen LogP contribution is 2.36. The summed E-state index contributed by atoms with van der Waals surface area (Å²) in [6, 6.07) is 15.9. The predicted molar refractivity (Wildman–Crippen MR) is 126 cm³/mol. The molecule has 1 N–H and O–H groups in total. The van der Waals surface area contributed by atoms with Crippen LogP contribution in [0.1, 0.15) is 33.8 Å². The smallest absolute Gasteiger partial charge is 0.263 e. The standard InChI is InChI=1S/C25H28N2O4S/c1-17-22(32-24(27-17)18-5-4-6-21(15-18)30-3)23(28)26-16-25(11-13-31-14-12-25)19-7-9-20(29-2)10-8-19/h4-10,15H,11-14,16H2,1-3H3,(H,26,28). The van der Waals surface area contributed by atoms with E-state index in [-0.39, 0.29) is 11.3 Å². The van der Waals surface area contributed by atoms with Crippen molar-refractivity contribution in [1.29, 1.82) is 0 Å². The van der Waals surface area contributed by atoms with E-state index < -0.39 is 0 Å². The minimum atomic E-state index is -0.158. The Labute approximate surface area is 192 Å². The normalized spacial score (nSPS) is 15.2. The zero-order valence-electron chi connectivity index (χ0n) is 18.6. The number of methoxy groups -OCH3 is 2. The zero-order chi connectivity index (χ0) is 22.6. The summed E-state index contributed by atoms with van der Waals surface area (Å²) in [5.41, 5.74) is 2.71. The lowest BCUT2D eigenvalue weighted by Crippen LogP contribution is -2.44. The third-order valence-corrected chi connectivity index (χ3v) is 7.26. The molecule has 0 radical (unpaired) electrons. The van der Waals surface area contributed by atoms with Crippen molar-refractivity contribution in [2.24, 2.45) is 0 Å². The molecule has 7 heteroatoms. The molecule has 1 aliphatic heterocycles. The third kappa shape index (κ3) is 4.64. The van der Waals surface area contributed by atoms with Gasteiger partial charge in [-0.1, -0.05) is 24.3 Å². The van der Waals surface area contributed by atoms with Gasteiger partial charge in [0, 0.05) is 30.7 Å². The molecule has 3 aromatic rings. The first-order valence-corrected chi connectivity index (χ1v) is 11.5. The molecular formula is C25H28N2O4S. The second-order valence-electron chi connectivity index (χ2n) is 7.97. The van der Waals surface area contributed by atoms with Crippen molar-refractivity contribution in [3.63, 3.8) is 0 Å². The van der Waals surface area contributed by atoms with E-state index >= 15 is 0 Å². The maximum absolute atomic E-state index is 13.1. The number of amides is 1. The summed E-state index contributed by atoms with van der Waals surface area (Å²) >= 11 is 1.41. The van der Waals surface area contributed by atoms with Crippen LogP contribution in [0.2, 0.25) is 0 Å². The summed E-state index contributed by atoms with van der Waals surface area (Å²) in [6.45, 7) is 3.79. The molecule has 1 aromatic heterocycles. The van der Waals surface area contributed by atoms with Gasteiger partial charge in [0.1, 0.15) is 21.4 Å². The Kier molecular flexibility index (Phi) is 6.77. The monoisotopic (exact) mass is 452 g/mol. The number of nitrogens with zero attached hydrogens (tertiary/aromatic N) is 1. The molecule has 168 valence electrons. The number of benzene rings is 2. The van der Waals surface area contributed by atoms with Gasteiger partial charge in [-0.05, 0) is 49.6 Å². The highest BCUT2D eigenvalue weighted by molar-refractivity contribution is 7.17. The summed E-state index contributed by atoms with van der Waals surface area (Å²) in [5, 5.41) is 3.99. The van der Waals surface area contributed by atoms with E-state index in [4.69, 9.17) is 14.2 Å². The van der Waals surface area contributed by atoms with Crippen LogP contribution < -0.4 is 14.8 Å². The number of hydrogen-bond acceptors (Lipinski definition) is 6. The first-order valence-electron chi connectivity index (χ1n) is 10.7. The van der Waals surface area contributed by atoms with Crippen molar-refractivity contribution in [1.82, 2.24) is 10.3 Å². The molecule has 0 atom stereocenters. The first kappa shape index (κ1) is 22.3. The average Bonchev–Trinajstić information content (AvgIpc) is 3.25. The number of thiazole rings is 1. The van der Waals surface area contributed by atoms with Crippen molar-refractivity contribution in [3.05, 3.63) is 64.7 Å². The lowest BCUT2D eigenvalue weighted by Gasteiger charge is -2.38. The van der Waals surface area contributed by atoms with Crippen LogP contribution in [0.3, 0.4) is 0 Å². The van der Waals surface area contributed by atoms with Gasteiger partial charge in [-0.15, -0.1) is 11.3 Å². The van der Waals surface area contributed by atoms with Crippen LogP contribution in [0, 0.1) is 6.92 Å². The Balaban J connectivity index is 1.53. The molecule has 2 heterocycles. The predicted octanol–water partition coefficient (Wildman–Crippen LogP) is 4.61. The molecule has 1 aliphatic rings. The number of carbonyl (C=O) groups excluding carboxylic acids is 1. The van der Waals surface area contributed by atoms with Gasteiger partial charge in [0.25, 0.3) is 5.91 Å². The van der Waals surface area contributed by atoms with Crippen LogP contribution in [0.4, 0.5) is 0 Å². The number of hydrogen-bond donors (Lipinski definition) is 1. The van der Waals surface area contributed by atoms with Crippen LogP contribution in [-0.4, -0.2) is 44.9 Å². The highest BCUT2D eigenvalue weighted by Gasteiger charge is 2.35. The summed E-state index contributed by atoms with van der Waals surface area (Å²) in [4.78, 5) is 18.4. The summed E-state index contributed by atoms with van der Waals surface area (Å²) < 4.78 is 16.2. The topological polar surface area (TPSA) is 69.7 Å². The van der Waals surface area contributed by atoms with E-state index in [2.05, 4.69) is 22.4 Å². The Bertz CT molecular complexity index is 1070. The van der Waals surface area contributed by atoms with Gasteiger partial charge in [0.05, 0.1) is 19.9 Å². The Morgan fingerprint density at radius 3 is 2.50 bits per heavy atom. The molecule has 0 bridgehead atoms. The molecule has 2 aromatic carbocycles. The first-order chi connectivity index (χ1) is 15.5. The quantitative estimate of drug-likeness (QED) is 0.567. The Morgan fingerprint density at radius 1 is 1.09 bits per heavy atom. The number of rotatable bonds is 7. The molecule has 1 saturated heterocycles. The fourth-order valence-corrected chi connectivity index (χ4v) is 5.07. The third-order valence-electron chi connectivity index (χ3n) is 6.06. The lowest BCUT2D eigenvalue weighted by molar-refractivity contribution is 0.0487. The number of nitrogens with one attached hydrogen (secondary N) is 1. The maximum atomic E-state index is 13.1. The van der Waals surface area contributed by atoms with Gasteiger partial charge in [0.15, 0.2) is 0 Å². The van der Waals surface area contributed by atoms with E-state index in [9.17, 15) is 4.79 Å². The SMILES string of the molecule is COc1ccc(C2(CNC(=O)c3sc(-c4cccc(OC)c4)nc3C)CCOCC2)cc1. The van der Waals surface area contributed by atoms with Gasteiger partial charge < -0.3 is 19.5 Å². The largest absolute Gasteiger partial charge is 0.497 e. The van der Waals surface area contributed by atoms with Crippen molar-refractivity contribution in [2.45, 2.75) is 25.2 Å². The number of ether oxygens (including phenoxy) is 3. The van der Waals surface area contributed by atoms with E-state index in [1.807, 2.05) is 43.3 Å². The molecule has 6 nitrogen and oxygen atoms in total. The average molecular weight is 453 g/mol. The van der Waals surface area contributed by atoms with Gasteiger partial charge in [0.2, 0.25) is 0 Å². The fourth-order valence-electron chi connectivity index (χ4n) is 4.09. The van der Waals surface area contributed by atoms with Crippen LogP contribution in [-0.2, 0) is 10.2 Å². The van der Waals surface area contributed by atoms with Crippen LogP contribution in [0.15, 0.2) is 48.5 Å². The second kappa shape index (κ2) is 9.71. The maximum Gasteiger partial charge on any atom is 0.263 e. The Hall–Kier alpha value is -2.90. The summed E-state index contributed by atoms with van der Waals surface area (Å²) in [7, 11) is 3.30. The lowest BCUT2D eigenvalue weighted by atomic mass is 9.74. The van der Waals surface area contributed by atoms with Gasteiger partial charge in [-0.2, -0.15) is 0 Å². The van der Waals surface area contributed by atoms with Crippen molar-refractivity contribution in [3.8, 4) is 22.1 Å². The fraction of sp³-hybridized carbons (Fsp3) is 0.360. The zero-order valence-corrected chi connectivity index (χ0v) is 19.5. The van der Waals surface area contributed by atoms with Crippen LogP contribution in [0.25, 0.3) is 10.6 Å². The van der Waals surface area contributed by atoms with E-state index in [0.717, 1.165) is 40.6 Å². The minimum Gasteiger partial charge on any atom is -0.497 e. The van der Waals surface area contributed by atoms with E-state index in [1.165, 1.54) is 16.9 Å². The summed E-state index contributed by atoms with van der Waals surface area (Å²) in [6.07, 6.45) is 1.71. The molecule has 0 aliphatic carbocycles. The molecule has 1 amide bonds. The van der Waals surface area contributed by atoms with Crippen LogP contribution in [0.5, 0.6) is 11.5 Å². The highest BCUT2D eigenvalue weighted by atomic mass is 32.1. The number of carbonyl (C=O) groups is 1. The molecule has 4 rings (SSSR count). The number of aryl methyl sites for hydroxylation is 1. The summed E-state index contributed by atoms with van der Waals surface area (Å²) in [5.74, 6) is 1.50. The minimum absolute atomic E-state index is 0.0893. The molecule has 0 unspecified atom stereocenters. The Morgan fingerprint density at radius 2 is 1.81 bits per heavy atom. The van der Waals surface area contributed by atoms with E-state index in [0.29, 0.717) is 24.6 Å². The van der Waals surface area contributed by atoms with Crippen molar-refractivity contribution in [2.75, 3.05) is 34.0 Å². The van der Waals surface area contributed by atoms with Gasteiger partial charge >= 0.3 is 0 Å². The van der Waals surface area contributed by atoms with Crippen LogP contribution >= 0.6 is 11.3 Å². The van der Waals surface area contributed by atoms with Gasteiger partial charge in [-0.25, -0.2) is 4.98 Å². The van der Waals surface area contributed by atoms with Crippen molar-refractivity contribution < 1.29 is 19.0 Å². The molecular weight excluding hydrogens is 424 g/mol. The van der Waals surface area contributed by atoms with Crippen molar-refractivity contribution >= 4 is 17.2 Å². The molecule has 0 saturated carbocycles.